The molecular formula is C14H24N2O. The molecule has 1 aromatic rings. The summed E-state index contributed by atoms with van der Waals surface area (Å²) in [5.41, 5.74) is 7.90. The average Bonchev–Trinajstić information content (AvgIpc) is 2.29. The van der Waals surface area contributed by atoms with Gasteiger partial charge >= 0.3 is 0 Å². The van der Waals surface area contributed by atoms with Gasteiger partial charge in [-0.3, -0.25) is 4.90 Å². The molecule has 96 valence electrons. The topological polar surface area (TPSA) is 38.5 Å². The zero-order chi connectivity index (χ0) is 12.5. The van der Waals surface area contributed by atoms with Crippen LogP contribution in [0, 0.1) is 0 Å². The number of hydrogen-bond donors (Lipinski definition) is 1. The van der Waals surface area contributed by atoms with Crippen LogP contribution < -0.4 is 5.73 Å². The second kappa shape index (κ2) is 8.09. The number of benzene rings is 1. The molecule has 0 atom stereocenters. The highest BCUT2D eigenvalue weighted by Crippen LogP contribution is 2.09. The summed E-state index contributed by atoms with van der Waals surface area (Å²) in [6.45, 7) is 8.86. The Bertz CT molecular complexity index is 315. The van der Waals surface area contributed by atoms with E-state index in [0.717, 1.165) is 45.0 Å². The van der Waals surface area contributed by atoms with Crippen molar-refractivity contribution in [1.82, 2.24) is 4.90 Å². The van der Waals surface area contributed by atoms with Crippen LogP contribution in [0.15, 0.2) is 24.3 Å². The summed E-state index contributed by atoms with van der Waals surface area (Å²) in [7, 11) is 0. The van der Waals surface area contributed by atoms with Crippen LogP contribution in [0.25, 0.3) is 0 Å². The van der Waals surface area contributed by atoms with Crippen LogP contribution in [0.5, 0.6) is 0 Å². The SMILES string of the molecule is CCCN(CCOCC)Cc1cccc(N)c1. The minimum Gasteiger partial charge on any atom is -0.399 e. The molecule has 17 heavy (non-hydrogen) atoms. The summed E-state index contributed by atoms with van der Waals surface area (Å²) in [6, 6.07) is 8.11. The Morgan fingerprint density at radius 3 is 2.71 bits per heavy atom. The number of ether oxygens (including phenoxy) is 1. The molecule has 0 heterocycles. The first-order valence-electron chi connectivity index (χ1n) is 6.40. The van der Waals surface area contributed by atoms with Crippen molar-refractivity contribution >= 4 is 5.69 Å². The van der Waals surface area contributed by atoms with E-state index >= 15 is 0 Å². The van der Waals surface area contributed by atoms with Crippen LogP contribution in [0.1, 0.15) is 25.8 Å². The Morgan fingerprint density at radius 2 is 2.06 bits per heavy atom. The average molecular weight is 236 g/mol. The van der Waals surface area contributed by atoms with Crippen molar-refractivity contribution in [3.63, 3.8) is 0 Å². The molecule has 1 rings (SSSR count). The summed E-state index contributed by atoms with van der Waals surface area (Å²) < 4.78 is 5.41. The number of anilines is 1. The number of rotatable bonds is 8. The zero-order valence-electron chi connectivity index (χ0n) is 11.0. The molecule has 0 bridgehead atoms. The lowest BCUT2D eigenvalue weighted by Crippen LogP contribution is -2.28. The van der Waals surface area contributed by atoms with E-state index in [1.807, 2.05) is 25.1 Å². The summed E-state index contributed by atoms with van der Waals surface area (Å²) in [5, 5.41) is 0. The van der Waals surface area contributed by atoms with Gasteiger partial charge in [-0.1, -0.05) is 19.1 Å². The largest absolute Gasteiger partial charge is 0.399 e. The van der Waals surface area contributed by atoms with Crippen molar-refractivity contribution in [2.75, 3.05) is 32.0 Å². The lowest BCUT2D eigenvalue weighted by atomic mass is 10.2. The molecule has 3 nitrogen and oxygen atoms in total. The summed E-state index contributed by atoms with van der Waals surface area (Å²) in [4.78, 5) is 2.41. The third-order valence-corrected chi connectivity index (χ3v) is 2.65. The predicted octanol–water partition coefficient (Wildman–Crippen LogP) is 2.52. The Balaban J connectivity index is 2.47. The number of nitrogen functional groups attached to an aromatic ring is 1. The van der Waals surface area contributed by atoms with E-state index < -0.39 is 0 Å². The zero-order valence-corrected chi connectivity index (χ0v) is 11.0. The third kappa shape index (κ3) is 5.71. The van der Waals surface area contributed by atoms with Crippen molar-refractivity contribution < 1.29 is 4.74 Å². The molecule has 2 N–H and O–H groups in total. The van der Waals surface area contributed by atoms with Gasteiger partial charge in [0.15, 0.2) is 0 Å². The maximum absolute atomic E-state index is 5.79. The highest BCUT2D eigenvalue weighted by molar-refractivity contribution is 5.40. The molecule has 0 unspecified atom stereocenters. The van der Waals surface area contributed by atoms with Crippen molar-refractivity contribution in [2.24, 2.45) is 0 Å². The second-order valence-corrected chi connectivity index (χ2v) is 4.22. The van der Waals surface area contributed by atoms with Gasteiger partial charge in [-0.15, -0.1) is 0 Å². The van der Waals surface area contributed by atoms with Crippen molar-refractivity contribution in [1.29, 1.82) is 0 Å². The maximum Gasteiger partial charge on any atom is 0.0593 e. The van der Waals surface area contributed by atoms with Crippen LogP contribution in [-0.4, -0.2) is 31.2 Å². The number of nitrogens with zero attached hydrogens (tertiary/aromatic N) is 1. The van der Waals surface area contributed by atoms with Gasteiger partial charge in [0, 0.05) is 25.4 Å². The van der Waals surface area contributed by atoms with Gasteiger partial charge in [0.2, 0.25) is 0 Å². The van der Waals surface area contributed by atoms with E-state index in [2.05, 4.69) is 17.9 Å². The molecule has 0 aromatic heterocycles. The fraction of sp³-hybridized carbons (Fsp3) is 0.571. The van der Waals surface area contributed by atoms with E-state index in [1.165, 1.54) is 5.56 Å². The van der Waals surface area contributed by atoms with Gasteiger partial charge in [-0.2, -0.15) is 0 Å². The lowest BCUT2D eigenvalue weighted by molar-refractivity contribution is 0.110. The van der Waals surface area contributed by atoms with Gasteiger partial charge in [-0.05, 0) is 37.6 Å². The van der Waals surface area contributed by atoms with Crippen LogP contribution in [0.3, 0.4) is 0 Å². The summed E-state index contributed by atoms with van der Waals surface area (Å²) >= 11 is 0. The normalized spacial score (nSPS) is 11.0. The van der Waals surface area contributed by atoms with Crippen LogP contribution >= 0.6 is 0 Å². The van der Waals surface area contributed by atoms with E-state index in [0.29, 0.717) is 0 Å². The van der Waals surface area contributed by atoms with Gasteiger partial charge in [0.25, 0.3) is 0 Å². The molecule has 0 aliphatic rings. The lowest BCUT2D eigenvalue weighted by Gasteiger charge is -2.21. The molecule has 0 saturated heterocycles. The van der Waals surface area contributed by atoms with E-state index in [9.17, 15) is 0 Å². The Labute approximate surface area is 105 Å². The van der Waals surface area contributed by atoms with Gasteiger partial charge in [0.1, 0.15) is 0 Å². The second-order valence-electron chi connectivity index (χ2n) is 4.22. The Kier molecular flexibility index (Phi) is 6.67. The van der Waals surface area contributed by atoms with Crippen molar-refractivity contribution in [3.8, 4) is 0 Å². The van der Waals surface area contributed by atoms with Crippen molar-refractivity contribution in [3.05, 3.63) is 29.8 Å². The first-order chi connectivity index (χ1) is 8.26. The van der Waals surface area contributed by atoms with Gasteiger partial charge in [0.05, 0.1) is 6.61 Å². The first-order valence-corrected chi connectivity index (χ1v) is 6.40. The molecule has 0 fully saturated rings. The fourth-order valence-electron chi connectivity index (χ4n) is 1.87. The standard InChI is InChI=1S/C14H24N2O/c1-3-8-16(9-10-17-4-2)12-13-6-5-7-14(15)11-13/h5-7,11H,3-4,8-10,12,15H2,1-2H3. The molecule has 0 aliphatic carbocycles. The van der Waals surface area contributed by atoms with E-state index in [-0.39, 0.29) is 0 Å². The van der Waals surface area contributed by atoms with Crippen molar-refractivity contribution in [2.45, 2.75) is 26.8 Å². The number of nitrogens with two attached hydrogens (primary N) is 1. The van der Waals surface area contributed by atoms with E-state index in [1.54, 1.807) is 0 Å². The van der Waals surface area contributed by atoms with Crippen LogP contribution in [0.2, 0.25) is 0 Å². The Hall–Kier alpha value is -1.06. The smallest absolute Gasteiger partial charge is 0.0593 e. The molecule has 0 saturated carbocycles. The summed E-state index contributed by atoms with van der Waals surface area (Å²) in [6.07, 6.45) is 1.16. The molecule has 0 aliphatic heterocycles. The van der Waals surface area contributed by atoms with Crippen LogP contribution in [0.4, 0.5) is 5.69 Å². The molecule has 0 amide bonds. The first kappa shape index (κ1) is 14.0. The predicted molar refractivity (Wildman–Crippen MR) is 72.9 cm³/mol. The monoisotopic (exact) mass is 236 g/mol. The fourth-order valence-corrected chi connectivity index (χ4v) is 1.87. The van der Waals surface area contributed by atoms with E-state index in [4.69, 9.17) is 10.5 Å². The molecular weight excluding hydrogens is 212 g/mol. The Morgan fingerprint density at radius 1 is 1.24 bits per heavy atom. The molecule has 3 heteroatoms. The molecule has 0 radical (unpaired) electrons. The molecule has 1 aromatic carbocycles. The van der Waals surface area contributed by atoms with Gasteiger partial charge < -0.3 is 10.5 Å². The number of hydrogen-bond acceptors (Lipinski definition) is 3. The highest BCUT2D eigenvalue weighted by Gasteiger charge is 2.05. The quantitative estimate of drug-likeness (QED) is 0.557. The minimum atomic E-state index is 0.790. The minimum absolute atomic E-state index is 0.790. The highest BCUT2D eigenvalue weighted by atomic mass is 16.5. The molecule has 0 spiro atoms. The maximum atomic E-state index is 5.79. The third-order valence-electron chi connectivity index (χ3n) is 2.65. The van der Waals surface area contributed by atoms with Crippen LogP contribution in [-0.2, 0) is 11.3 Å². The van der Waals surface area contributed by atoms with Gasteiger partial charge in [-0.25, -0.2) is 0 Å². The summed E-state index contributed by atoms with van der Waals surface area (Å²) in [5.74, 6) is 0.